The Morgan fingerprint density at radius 2 is 1.78 bits per heavy atom. The summed E-state index contributed by atoms with van der Waals surface area (Å²) in [6.45, 7) is 2.60. The molecule has 3 atom stereocenters. The van der Waals surface area contributed by atoms with Gasteiger partial charge in [-0.05, 0) is 13.3 Å². The lowest BCUT2D eigenvalue weighted by Gasteiger charge is -2.19. The number of aliphatic carboxylic acids is 1. The number of carbonyl (C=O) groups is 4. The zero-order valence-electron chi connectivity index (χ0n) is 13.2. The van der Waals surface area contributed by atoms with E-state index >= 15 is 0 Å². The van der Waals surface area contributed by atoms with Gasteiger partial charge in [0, 0.05) is 26.4 Å². The SMILES string of the molecule is CC(=O)NC(C(=O)NCCCC(=O)NCC(N)C(=O)O)C(C)O. The van der Waals surface area contributed by atoms with E-state index in [9.17, 15) is 24.3 Å². The Bertz CT molecular complexity index is 440. The minimum Gasteiger partial charge on any atom is -0.480 e. The molecule has 0 rings (SSSR count). The summed E-state index contributed by atoms with van der Waals surface area (Å²) >= 11 is 0. The molecular weight excluding hydrogens is 308 g/mol. The van der Waals surface area contributed by atoms with Gasteiger partial charge >= 0.3 is 5.97 Å². The molecule has 0 saturated heterocycles. The van der Waals surface area contributed by atoms with Crippen molar-refractivity contribution >= 4 is 23.7 Å². The Labute approximate surface area is 133 Å². The molecule has 23 heavy (non-hydrogen) atoms. The molecule has 3 amide bonds. The molecule has 0 bridgehead atoms. The van der Waals surface area contributed by atoms with Crippen LogP contribution in [0.3, 0.4) is 0 Å². The molecule has 0 aromatic rings. The van der Waals surface area contributed by atoms with Crippen LogP contribution in [0, 0.1) is 0 Å². The molecule has 10 heteroatoms. The van der Waals surface area contributed by atoms with E-state index in [1.807, 2.05) is 0 Å². The first kappa shape index (κ1) is 20.8. The van der Waals surface area contributed by atoms with Gasteiger partial charge in [-0.3, -0.25) is 19.2 Å². The molecule has 0 heterocycles. The fourth-order valence-corrected chi connectivity index (χ4v) is 1.59. The second-order valence-corrected chi connectivity index (χ2v) is 5.06. The van der Waals surface area contributed by atoms with Crippen LogP contribution in [0.5, 0.6) is 0 Å². The molecule has 0 aromatic heterocycles. The van der Waals surface area contributed by atoms with Crippen LogP contribution in [-0.2, 0) is 19.2 Å². The summed E-state index contributed by atoms with van der Waals surface area (Å²) in [6, 6.07) is -2.22. The van der Waals surface area contributed by atoms with Crippen molar-refractivity contribution in [1.29, 1.82) is 0 Å². The van der Waals surface area contributed by atoms with E-state index in [1.165, 1.54) is 13.8 Å². The summed E-state index contributed by atoms with van der Waals surface area (Å²) in [5, 5.41) is 25.2. The Kier molecular flexibility index (Phi) is 9.51. The Morgan fingerprint density at radius 1 is 1.17 bits per heavy atom. The highest BCUT2D eigenvalue weighted by Crippen LogP contribution is 1.94. The van der Waals surface area contributed by atoms with E-state index < -0.39 is 36.0 Å². The first-order valence-electron chi connectivity index (χ1n) is 7.13. The largest absolute Gasteiger partial charge is 0.480 e. The molecular formula is C13H24N4O6. The van der Waals surface area contributed by atoms with Crippen LogP contribution in [0.2, 0.25) is 0 Å². The standard InChI is InChI=1S/C13H24N4O6/c1-7(18)11(17-8(2)19)12(21)15-5-3-4-10(20)16-6-9(14)13(22)23/h7,9,11,18H,3-6,14H2,1-2H3,(H,15,21)(H,16,20)(H,17,19)(H,22,23). The van der Waals surface area contributed by atoms with Crippen LogP contribution < -0.4 is 21.7 Å². The van der Waals surface area contributed by atoms with Crippen LogP contribution in [0.1, 0.15) is 26.7 Å². The lowest BCUT2D eigenvalue weighted by atomic mass is 10.1. The highest BCUT2D eigenvalue weighted by molar-refractivity contribution is 5.87. The van der Waals surface area contributed by atoms with Crippen molar-refractivity contribution in [3.63, 3.8) is 0 Å². The van der Waals surface area contributed by atoms with Gasteiger partial charge in [-0.15, -0.1) is 0 Å². The lowest BCUT2D eigenvalue weighted by molar-refractivity contribution is -0.138. The Hall–Kier alpha value is -2.20. The van der Waals surface area contributed by atoms with Crippen LogP contribution in [0.25, 0.3) is 0 Å². The van der Waals surface area contributed by atoms with E-state index in [2.05, 4.69) is 16.0 Å². The van der Waals surface area contributed by atoms with Crippen molar-refractivity contribution in [3.8, 4) is 0 Å². The first-order valence-corrected chi connectivity index (χ1v) is 7.13. The molecule has 10 nitrogen and oxygen atoms in total. The Balaban J connectivity index is 4.01. The van der Waals surface area contributed by atoms with Crippen molar-refractivity contribution < 1.29 is 29.4 Å². The summed E-state index contributed by atoms with van der Waals surface area (Å²) in [4.78, 5) is 44.6. The van der Waals surface area contributed by atoms with Gasteiger partial charge in [-0.2, -0.15) is 0 Å². The van der Waals surface area contributed by atoms with E-state index in [4.69, 9.17) is 10.8 Å². The number of aliphatic hydroxyl groups is 1. The molecule has 0 saturated carbocycles. The van der Waals surface area contributed by atoms with Gasteiger partial charge < -0.3 is 31.9 Å². The predicted molar refractivity (Wildman–Crippen MR) is 80.2 cm³/mol. The summed E-state index contributed by atoms with van der Waals surface area (Å²) in [6.07, 6.45) is -0.668. The van der Waals surface area contributed by atoms with Crippen LogP contribution in [-0.4, -0.2) is 65.2 Å². The monoisotopic (exact) mass is 332 g/mol. The number of nitrogens with one attached hydrogen (secondary N) is 3. The predicted octanol–water partition coefficient (Wildman–Crippen LogP) is -2.70. The van der Waals surface area contributed by atoms with Gasteiger partial charge in [0.1, 0.15) is 12.1 Å². The quantitative estimate of drug-likeness (QED) is 0.236. The second-order valence-electron chi connectivity index (χ2n) is 5.06. The second kappa shape index (κ2) is 10.5. The summed E-state index contributed by atoms with van der Waals surface area (Å²) < 4.78 is 0. The smallest absolute Gasteiger partial charge is 0.322 e. The van der Waals surface area contributed by atoms with Gasteiger partial charge in [0.2, 0.25) is 17.7 Å². The molecule has 7 N–H and O–H groups in total. The summed E-state index contributed by atoms with van der Waals surface area (Å²) in [5.41, 5.74) is 5.23. The minimum atomic E-state index is -1.21. The molecule has 0 fully saturated rings. The van der Waals surface area contributed by atoms with E-state index in [1.54, 1.807) is 0 Å². The fourth-order valence-electron chi connectivity index (χ4n) is 1.59. The van der Waals surface area contributed by atoms with Gasteiger partial charge in [-0.1, -0.05) is 0 Å². The topological polar surface area (TPSA) is 171 Å². The van der Waals surface area contributed by atoms with E-state index in [0.29, 0.717) is 6.42 Å². The third-order valence-corrected chi connectivity index (χ3v) is 2.84. The molecule has 132 valence electrons. The van der Waals surface area contributed by atoms with Gasteiger partial charge in [0.15, 0.2) is 0 Å². The van der Waals surface area contributed by atoms with Gasteiger partial charge in [0.25, 0.3) is 0 Å². The highest BCUT2D eigenvalue weighted by Gasteiger charge is 2.23. The fraction of sp³-hybridized carbons (Fsp3) is 0.692. The summed E-state index contributed by atoms with van der Waals surface area (Å²) in [7, 11) is 0. The Morgan fingerprint density at radius 3 is 2.26 bits per heavy atom. The average Bonchev–Trinajstić information content (AvgIpc) is 2.45. The molecule has 0 spiro atoms. The maximum atomic E-state index is 11.8. The molecule has 0 aromatic carbocycles. The first-order chi connectivity index (χ1) is 10.6. The van der Waals surface area contributed by atoms with E-state index in [-0.39, 0.29) is 25.4 Å². The number of hydrogen-bond acceptors (Lipinski definition) is 6. The number of nitrogens with two attached hydrogens (primary N) is 1. The van der Waals surface area contributed by atoms with Crippen molar-refractivity contribution in [2.24, 2.45) is 5.73 Å². The molecule has 0 aliphatic rings. The maximum Gasteiger partial charge on any atom is 0.322 e. The van der Waals surface area contributed by atoms with Gasteiger partial charge in [-0.25, -0.2) is 0 Å². The number of aliphatic hydroxyl groups excluding tert-OH is 1. The highest BCUT2D eigenvalue weighted by atomic mass is 16.4. The molecule has 0 aliphatic heterocycles. The van der Waals surface area contributed by atoms with E-state index in [0.717, 1.165) is 0 Å². The third kappa shape index (κ3) is 9.42. The number of carboxylic acids is 1. The maximum absolute atomic E-state index is 11.8. The van der Waals surface area contributed by atoms with Crippen LogP contribution in [0.4, 0.5) is 0 Å². The van der Waals surface area contributed by atoms with Crippen molar-refractivity contribution in [2.75, 3.05) is 13.1 Å². The van der Waals surface area contributed by atoms with Gasteiger partial charge in [0.05, 0.1) is 6.10 Å². The van der Waals surface area contributed by atoms with Crippen molar-refractivity contribution in [1.82, 2.24) is 16.0 Å². The molecule has 3 unspecified atom stereocenters. The van der Waals surface area contributed by atoms with Crippen molar-refractivity contribution in [3.05, 3.63) is 0 Å². The summed E-state index contributed by atoms with van der Waals surface area (Å²) in [5.74, 6) is -2.59. The normalized spacial score (nSPS) is 14.3. The minimum absolute atomic E-state index is 0.0755. The molecule has 0 aliphatic carbocycles. The van der Waals surface area contributed by atoms with Crippen LogP contribution >= 0.6 is 0 Å². The third-order valence-electron chi connectivity index (χ3n) is 2.84. The number of carbonyl (C=O) groups excluding carboxylic acids is 3. The molecule has 0 radical (unpaired) electrons. The zero-order chi connectivity index (χ0) is 18.0. The average molecular weight is 332 g/mol. The van der Waals surface area contributed by atoms with Crippen LogP contribution in [0.15, 0.2) is 0 Å². The van der Waals surface area contributed by atoms with Crippen molar-refractivity contribution in [2.45, 2.75) is 44.9 Å². The number of hydrogen-bond donors (Lipinski definition) is 6. The number of amides is 3. The number of rotatable bonds is 10. The number of carboxylic acid groups (broad SMARTS) is 1. The lowest BCUT2D eigenvalue weighted by Crippen LogP contribution is -2.52. The zero-order valence-corrected chi connectivity index (χ0v) is 13.2.